The number of Topliss-reactive ketones (excluding diaryl/α,β-unsaturated/α-hetero) is 1. The van der Waals surface area contributed by atoms with Crippen LogP contribution in [0, 0.1) is 26.1 Å². The molecule has 3 rings (SSSR count). The molecule has 0 bridgehead atoms. The third kappa shape index (κ3) is 5.31. The number of non-ortho nitro benzene ring substituents is 2. The lowest BCUT2D eigenvalue weighted by atomic mass is 9.79. The molecule has 9 heteroatoms. The number of hydrogen-bond acceptors (Lipinski definition) is 7. The number of esters is 1. The van der Waals surface area contributed by atoms with Gasteiger partial charge in [-0.3, -0.25) is 29.8 Å². The Bertz CT molecular complexity index is 1070. The standard InChI is InChI=1S/C23H20N2O7/c1-2-32-23(27)19-13-17(9-15-5-3-7-20(11-15)24(28)29)22(26)18(14-19)10-16-6-4-8-21(12-16)25(30)31/h3-12,19H,2,13-14H2,1H3/b17-9+,18-10+. The molecule has 1 fully saturated rings. The Kier molecular flexibility index (Phi) is 6.89. The van der Waals surface area contributed by atoms with Crippen LogP contribution in [0.2, 0.25) is 0 Å². The van der Waals surface area contributed by atoms with Crippen molar-refractivity contribution in [3.63, 3.8) is 0 Å². The lowest BCUT2D eigenvalue weighted by molar-refractivity contribution is -0.385. The van der Waals surface area contributed by atoms with Crippen molar-refractivity contribution in [3.05, 3.63) is 91.0 Å². The minimum Gasteiger partial charge on any atom is -0.466 e. The molecule has 0 atom stereocenters. The van der Waals surface area contributed by atoms with Crippen molar-refractivity contribution in [2.75, 3.05) is 6.61 Å². The number of nitro groups is 2. The van der Waals surface area contributed by atoms with Gasteiger partial charge in [0.15, 0.2) is 5.78 Å². The fraction of sp³-hybridized carbons (Fsp3) is 0.217. The maximum Gasteiger partial charge on any atom is 0.309 e. The number of ether oxygens (including phenoxy) is 1. The molecule has 1 aliphatic carbocycles. The number of carbonyl (C=O) groups is 2. The van der Waals surface area contributed by atoms with Gasteiger partial charge in [0.25, 0.3) is 11.4 Å². The Morgan fingerprint density at radius 2 is 1.44 bits per heavy atom. The first-order chi connectivity index (χ1) is 15.3. The summed E-state index contributed by atoms with van der Waals surface area (Å²) in [6.45, 7) is 1.88. The number of nitro benzene ring substituents is 2. The van der Waals surface area contributed by atoms with Crippen molar-refractivity contribution < 1.29 is 24.2 Å². The Morgan fingerprint density at radius 1 is 0.969 bits per heavy atom. The minimum atomic E-state index is -0.609. The van der Waals surface area contributed by atoms with Crippen LogP contribution < -0.4 is 0 Å². The molecule has 0 aliphatic heterocycles. The van der Waals surface area contributed by atoms with Crippen LogP contribution in [0.25, 0.3) is 12.2 Å². The fourth-order valence-electron chi connectivity index (χ4n) is 3.53. The zero-order valence-electron chi connectivity index (χ0n) is 17.2. The van der Waals surface area contributed by atoms with Crippen molar-refractivity contribution in [2.45, 2.75) is 19.8 Å². The highest BCUT2D eigenvalue weighted by Gasteiger charge is 2.33. The second-order valence-electron chi connectivity index (χ2n) is 7.23. The second kappa shape index (κ2) is 9.78. The third-order valence-corrected chi connectivity index (χ3v) is 4.98. The predicted molar refractivity (Wildman–Crippen MR) is 117 cm³/mol. The van der Waals surface area contributed by atoms with E-state index in [9.17, 15) is 29.8 Å². The van der Waals surface area contributed by atoms with Gasteiger partial charge < -0.3 is 4.74 Å². The lowest BCUT2D eigenvalue weighted by Gasteiger charge is -2.24. The van der Waals surface area contributed by atoms with Crippen LogP contribution in [0.5, 0.6) is 0 Å². The van der Waals surface area contributed by atoms with Crippen molar-refractivity contribution >= 4 is 35.3 Å². The van der Waals surface area contributed by atoms with E-state index in [2.05, 4.69) is 0 Å². The topological polar surface area (TPSA) is 130 Å². The molecule has 2 aromatic rings. The van der Waals surface area contributed by atoms with Gasteiger partial charge in [0.05, 0.1) is 22.4 Å². The summed E-state index contributed by atoms with van der Waals surface area (Å²) in [6, 6.07) is 11.7. The summed E-state index contributed by atoms with van der Waals surface area (Å²) in [5.74, 6) is -1.37. The van der Waals surface area contributed by atoms with Gasteiger partial charge in [-0.1, -0.05) is 24.3 Å². The fourth-order valence-corrected chi connectivity index (χ4v) is 3.53. The van der Waals surface area contributed by atoms with Crippen molar-refractivity contribution in [2.24, 2.45) is 5.92 Å². The van der Waals surface area contributed by atoms with Crippen LogP contribution in [0.4, 0.5) is 11.4 Å². The molecule has 1 aliphatic rings. The van der Waals surface area contributed by atoms with E-state index in [4.69, 9.17) is 4.74 Å². The molecule has 1 saturated carbocycles. The zero-order valence-corrected chi connectivity index (χ0v) is 17.2. The van der Waals surface area contributed by atoms with Gasteiger partial charge >= 0.3 is 5.97 Å². The van der Waals surface area contributed by atoms with Gasteiger partial charge in [-0.15, -0.1) is 0 Å². The zero-order chi connectivity index (χ0) is 23.3. The molecule has 0 radical (unpaired) electrons. The Hall–Kier alpha value is -4.14. The molecular weight excluding hydrogens is 416 g/mol. The number of allylic oxidation sites excluding steroid dienone is 2. The van der Waals surface area contributed by atoms with E-state index in [0.29, 0.717) is 22.3 Å². The molecule has 0 saturated heterocycles. The average molecular weight is 436 g/mol. The normalized spacial score (nSPS) is 18.5. The summed E-state index contributed by atoms with van der Waals surface area (Å²) in [5.41, 5.74) is 1.32. The molecule has 0 spiro atoms. The van der Waals surface area contributed by atoms with Gasteiger partial charge in [0.2, 0.25) is 0 Å². The third-order valence-electron chi connectivity index (χ3n) is 4.98. The van der Waals surface area contributed by atoms with Crippen LogP contribution in [0.3, 0.4) is 0 Å². The number of benzene rings is 2. The van der Waals surface area contributed by atoms with Gasteiger partial charge in [-0.2, -0.15) is 0 Å². The van der Waals surface area contributed by atoms with E-state index in [1.54, 1.807) is 19.1 Å². The van der Waals surface area contributed by atoms with Crippen LogP contribution in [0.15, 0.2) is 59.7 Å². The van der Waals surface area contributed by atoms with E-state index < -0.39 is 21.7 Å². The summed E-state index contributed by atoms with van der Waals surface area (Å²) >= 11 is 0. The molecule has 164 valence electrons. The van der Waals surface area contributed by atoms with E-state index in [1.165, 1.54) is 48.6 Å². The Morgan fingerprint density at radius 3 is 1.84 bits per heavy atom. The lowest BCUT2D eigenvalue weighted by Crippen LogP contribution is -2.27. The quantitative estimate of drug-likeness (QED) is 0.282. The largest absolute Gasteiger partial charge is 0.466 e. The molecule has 0 amide bonds. The number of nitrogens with zero attached hydrogens (tertiary/aromatic N) is 2. The second-order valence-corrected chi connectivity index (χ2v) is 7.23. The van der Waals surface area contributed by atoms with E-state index in [1.807, 2.05) is 0 Å². The number of carbonyl (C=O) groups excluding carboxylic acids is 2. The van der Waals surface area contributed by atoms with Crippen LogP contribution in [-0.2, 0) is 14.3 Å². The van der Waals surface area contributed by atoms with E-state index >= 15 is 0 Å². The SMILES string of the molecule is CCOC(=O)C1C/C(=C\c2cccc([N+](=O)[O-])c2)C(=O)/C(=C/c2cccc([N+](=O)[O-])c2)C1. The van der Waals surface area contributed by atoms with Crippen molar-refractivity contribution in [3.8, 4) is 0 Å². The molecule has 2 aromatic carbocycles. The van der Waals surface area contributed by atoms with Gasteiger partial charge in [0, 0.05) is 35.4 Å². The van der Waals surface area contributed by atoms with Crippen LogP contribution in [0.1, 0.15) is 30.9 Å². The maximum absolute atomic E-state index is 13.1. The minimum absolute atomic E-state index is 0.114. The number of ketones is 1. The van der Waals surface area contributed by atoms with Crippen molar-refractivity contribution in [1.29, 1.82) is 0 Å². The first-order valence-electron chi connectivity index (χ1n) is 9.90. The maximum atomic E-state index is 13.1. The monoisotopic (exact) mass is 436 g/mol. The van der Waals surface area contributed by atoms with Gasteiger partial charge in [-0.25, -0.2) is 0 Å². The van der Waals surface area contributed by atoms with Crippen LogP contribution >= 0.6 is 0 Å². The summed E-state index contributed by atoms with van der Waals surface area (Å²) in [4.78, 5) is 46.6. The molecular formula is C23H20N2O7. The van der Waals surface area contributed by atoms with Gasteiger partial charge in [0.1, 0.15) is 0 Å². The molecule has 32 heavy (non-hydrogen) atoms. The van der Waals surface area contributed by atoms with E-state index in [-0.39, 0.29) is 36.6 Å². The van der Waals surface area contributed by atoms with Crippen molar-refractivity contribution in [1.82, 2.24) is 0 Å². The first-order valence-corrected chi connectivity index (χ1v) is 9.90. The summed E-state index contributed by atoms with van der Waals surface area (Å²) in [6.07, 6.45) is 3.32. The number of rotatable bonds is 6. The van der Waals surface area contributed by atoms with Gasteiger partial charge in [-0.05, 0) is 43.0 Å². The first kappa shape index (κ1) is 22.5. The summed E-state index contributed by atoms with van der Waals surface area (Å²) in [7, 11) is 0. The summed E-state index contributed by atoms with van der Waals surface area (Å²) in [5, 5.41) is 22.1. The average Bonchev–Trinajstić information content (AvgIpc) is 2.77. The Labute approximate surface area is 183 Å². The molecule has 0 aromatic heterocycles. The van der Waals surface area contributed by atoms with E-state index in [0.717, 1.165) is 0 Å². The smallest absolute Gasteiger partial charge is 0.309 e. The highest BCUT2D eigenvalue weighted by Crippen LogP contribution is 2.34. The van der Waals surface area contributed by atoms with Crippen LogP contribution in [-0.4, -0.2) is 28.2 Å². The Balaban J connectivity index is 2.02. The number of hydrogen-bond donors (Lipinski definition) is 0. The molecule has 0 N–H and O–H groups in total. The highest BCUT2D eigenvalue weighted by molar-refractivity contribution is 6.14. The predicted octanol–water partition coefficient (Wildman–Crippen LogP) is 4.51. The molecule has 9 nitrogen and oxygen atoms in total. The molecule has 0 heterocycles. The highest BCUT2D eigenvalue weighted by atomic mass is 16.6. The summed E-state index contributed by atoms with van der Waals surface area (Å²) < 4.78 is 5.13. The molecule has 0 unspecified atom stereocenters.